The first kappa shape index (κ1) is 28.8. The van der Waals surface area contributed by atoms with Gasteiger partial charge in [0.05, 0.1) is 6.54 Å². The lowest BCUT2D eigenvalue weighted by atomic mass is 10.2. The second-order valence-corrected chi connectivity index (χ2v) is 7.44. The number of aromatic nitrogens is 2. The minimum Gasteiger partial charge on any atom is -0.475 e. The van der Waals surface area contributed by atoms with Gasteiger partial charge in [-0.25, -0.2) is 19.6 Å². The van der Waals surface area contributed by atoms with Crippen molar-refractivity contribution in [2.24, 2.45) is 0 Å². The lowest BCUT2D eigenvalue weighted by Crippen LogP contribution is -2.31. The molecule has 2 aromatic heterocycles. The van der Waals surface area contributed by atoms with Crippen LogP contribution in [0.1, 0.15) is 10.6 Å². The molecule has 0 radical (unpaired) electrons. The first-order valence-corrected chi connectivity index (χ1v) is 10.1. The number of aliphatic carboxylic acids is 2. The molecule has 1 aliphatic rings. The number of hydrogen-bond acceptors (Lipinski definition) is 7. The first-order valence-electron chi connectivity index (χ1n) is 9.26. The van der Waals surface area contributed by atoms with Crippen molar-refractivity contribution in [2.75, 3.05) is 24.5 Å². The van der Waals surface area contributed by atoms with Crippen LogP contribution in [0.15, 0.2) is 42.6 Å². The Morgan fingerprint density at radius 1 is 1.06 bits per heavy atom. The van der Waals surface area contributed by atoms with Gasteiger partial charge in [-0.2, -0.15) is 26.3 Å². The summed E-state index contributed by atoms with van der Waals surface area (Å²) < 4.78 is 63.5. The molecule has 3 rings (SSSR count). The number of nitrogens with zero attached hydrogens (tertiary/aromatic N) is 4. The van der Waals surface area contributed by atoms with Crippen molar-refractivity contribution in [2.45, 2.75) is 25.4 Å². The van der Waals surface area contributed by atoms with E-state index in [-0.39, 0.29) is 0 Å². The molecule has 0 saturated heterocycles. The summed E-state index contributed by atoms with van der Waals surface area (Å²) in [6, 6.07) is 4.18. The van der Waals surface area contributed by atoms with E-state index >= 15 is 0 Å². The Morgan fingerprint density at radius 3 is 2.12 bits per heavy atom. The highest BCUT2D eigenvalue weighted by Crippen LogP contribution is 2.23. The summed E-state index contributed by atoms with van der Waals surface area (Å²) in [6.07, 6.45) is -4.49. The molecule has 0 fully saturated rings. The largest absolute Gasteiger partial charge is 0.490 e. The number of anilines is 1. The number of rotatable bonds is 4. The molecule has 0 amide bonds. The van der Waals surface area contributed by atoms with E-state index in [1.54, 1.807) is 11.3 Å². The molecule has 0 aromatic carbocycles. The van der Waals surface area contributed by atoms with Crippen LogP contribution in [0.5, 0.6) is 0 Å². The topological polar surface area (TPSA) is 107 Å². The van der Waals surface area contributed by atoms with E-state index in [4.69, 9.17) is 19.8 Å². The Hall–Kier alpha value is -3.20. The van der Waals surface area contributed by atoms with Crippen molar-refractivity contribution in [3.63, 3.8) is 0 Å². The molecule has 1 aliphatic heterocycles. The fourth-order valence-corrected chi connectivity index (χ4v) is 3.17. The van der Waals surface area contributed by atoms with E-state index in [2.05, 4.69) is 32.4 Å². The SMILES string of the molecule is C=CCN1CCN(Cc2nccs2)Cc2cccnc21.O=C(O)C(F)(F)F.O=C(O)C(F)(F)F. The van der Waals surface area contributed by atoms with Crippen LogP contribution in [-0.4, -0.2) is 69.0 Å². The van der Waals surface area contributed by atoms with E-state index in [0.717, 1.165) is 38.5 Å². The third-order valence-corrected chi connectivity index (χ3v) is 4.69. The van der Waals surface area contributed by atoms with Gasteiger partial charge in [-0.05, 0) is 6.07 Å². The molecule has 0 bridgehead atoms. The highest BCUT2D eigenvalue weighted by molar-refractivity contribution is 7.09. The number of carbonyl (C=O) groups is 2. The number of thiazole rings is 1. The Kier molecular flexibility index (Phi) is 10.9. The lowest BCUT2D eigenvalue weighted by molar-refractivity contribution is -0.193. The predicted octanol–water partition coefficient (Wildman–Crippen LogP) is 3.81. The zero-order valence-corrected chi connectivity index (χ0v) is 18.2. The van der Waals surface area contributed by atoms with Gasteiger partial charge in [0.1, 0.15) is 10.8 Å². The lowest BCUT2D eigenvalue weighted by Gasteiger charge is -2.22. The van der Waals surface area contributed by atoms with Crippen molar-refractivity contribution in [3.8, 4) is 0 Å². The molecular formula is C19H20F6N4O4S. The first-order chi connectivity index (χ1) is 15.8. The Morgan fingerprint density at radius 2 is 1.65 bits per heavy atom. The zero-order valence-electron chi connectivity index (χ0n) is 17.4. The maximum Gasteiger partial charge on any atom is 0.490 e. The van der Waals surface area contributed by atoms with Gasteiger partial charge in [-0.3, -0.25) is 4.90 Å². The van der Waals surface area contributed by atoms with Crippen LogP contribution in [0.2, 0.25) is 0 Å². The third-order valence-electron chi connectivity index (χ3n) is 3.92. The Balaban J connectivity index is 0.000000343. The molecular weight excluding hydrogens is 494 g/mol. The second kappa shape index (κ2) is 12.9. The summed E-state index contributed by atoms with van der Waals surface area (Å²) in [5.41, 5.74) is 1.28. The van der Waals surface area contributed by atoms with Gasteiger partial charge >= 0.3 is 24.3 Å². The number of carboxylic acid groups (broad SMARTS) is 2. The summed E-state index contributed by atoms with van der Waals surface area (Å²) in [6.45, 7) is 8.52. The van der Waals surface area contributed by atoms with Crippen LogP contribution in [0, 0.1) is 0 Å². The summed E-state index contributed by atoms with van der Waals surface area (Å²) in [7, 11) is 0. The minimum absolute atomic E-state index is 0.842. The molecule has 0 unspecified atom stereocenters. The second-order valence-electron chi connectivity index (χ2n) is 6.46. The van der Waals surface area contributed by atoms with Crippen molar-refractivity contribution < 1.29 is 46.1 Å². The number of alkyl halides is 6. The van der Waals surface area contributed by atoms with Crippen molar-refractivity contribution in [3.05, 3.63) is 53.1 Å². The average Bonchev–Trinajstić information content (AvgIpc) is 3.17. The summed E-state index contributed by atoms with van der Waals surface area (Å²) in [4.78, 5) is 31.5. The van der Waals surface area contributed by atoms with Crippen LogP contribution in [0.25, 0.3) is 0 Å². The molecule has 0 aliphatic carbocycles. The Labute approximate surface area is 193 Å². The van der Waals surface area contributed by atoms with Gasteiger partial charge in [0.15, 0.2) is 0 Å². The molecule has 2 N–H and O–H groups in total. The number of fused-ring (bicyclic) bond motifs is 1. The normalized spacial score (nSPS) is 13.9. The predicted molar refractivity (Wildman–Crippen MR) is 110 cm³/mol. The van der Waals surface area contributed by atoms with Crippen LogP contribution >= 0.6 is 11.3 Å². The van der Waals surface area contributed by atoms with Gasteiger partial charge in [-0.15, -0.1) is 17.9 Å². The minimum atomic E-state index is -5.08. The van der Waals surface area contributed by atoms with Gasteiger partial charge in [0, 0.05) is 49.5 Å². The molecule has 34 heavy (non-hydrogen) atoms. The maximum absolute atomic E-state index is 10.6. The van der Waals surface area contributed by atoms with Gasteiger partial charge in [0.25, 0.3) is 0 Å². The molecule has 188 valence electrons. The fraction of sp³-hybridized carbons (Fsp3) is 0.368. The van der Waals surface area contributed by atoms with Crippen molar-refractivity contribution in [1.29, 1.82) is 0 Å². The number of hydrogen-bond donors (Lipinski definition) is 2. The van der Waals surface area contributed by atoms with Crippen LogP contribution in [-0.2, 0) is 22.7 Å². The summed E-state index contributed by atoms with van der Waals surface area (Å²) in [5, 5.41) is 17.5. The highest BCUT2D eigenvalue weighted by Gasteiger charge is 2.38. The molecule has 8 nitrogen and oxygen atoms in total. The van der Waals surface area contributed by atoms with Crippen LogP contribution in [0.3, 0.4) is 0 Å². The fourth-order valence-electron chi connectivity index (χ4n) is 2.52. The zero-order chi connectivity index (χ0) is 25.9. The number of halogens is 6. The number of pyridine rings is 1. The quantitative estimate of drug-likeness (QED) is 0.469. The van der Waals surface area contributed by atoms with Gasteiger partial charge in [-0.1, -0.05) is 12.1 Å². The highest BCUT2D eigenvalue weighted by atomic mass is 32.1. The Bertz CT molecular complexity index is 914. The molecule has 0 spiro atoms. The summed E-state index contributed by atoms with van der Waals surface area (Å²) in [5.74, 6) is -4.42. The van der Waals surface area contributed by atoms with E-state index in [0.29, 0.717) is 0 Å². The smallest absolute Gasteiger partial charge is 0.475 e. The average molecular weight is 514 g/mol. The van der Waals surface area contributed by atoms with Crippen LogP contribution in [0.4, 0.5) is 32.2 Å². The van der Waals surface area contributed by atoms with Gasteiger partial charge in [0.2, 0.25) is 0 Å². The molecule has 0 atom stereocenters. The van der Waals surface area contributed by atoms with Gasteiger partial charge < -0.3 is 15.1 Å². The molecule has 15 heteroatoms. The van der Waals surface area contributed by atoms with E-state index in [9.17, 15) is 26.3 Å². The third kappa shape index (κ3) is 10.2. The van der Waals surface area contributed by atoms with E-state index in [1.807, 2.05) is 29.9 Å². The maximum atomic E-state index is 10.6. The van der Waals surface area contributed by atoms with Crippen molar-refractivity contribution in [1.82, 2.24) is 14.9 Å². The summed E-state index contributed by atoms with van der Waals surface area (Å²) >= 11 is 1.72. The number of carboxylic acids is 2. The standard InChI is InChI=1S/C15H18N4S.2C2HF3O2/c1-2-7-19-9-8-18(12-14-16-6-10-20-14)11-13-4-3-5-17-15(13)19;2*3-2(4,5)1(6)7/h2-6,10H,1,7-9,11-12H2;2*(H,6,7). The molecule has 3 heterocycles. The van der Waals surface area contributed by atoms with Crippen LogP contribution < -0.4 is 4.90 Å². The van der Waals surface area contributed by atoms with E-state index < -0.39 is 24.3 Å². The molecule has 0 saturated carbocycles. The monoisotopic (exact) mass is 514 g/mol. The molecule has 2 aromatic rings. The van der Waals surface area contributed by atoms with E-state index in [1.165, 1.54) is 10.6 Å². The van der Waals surface area contributed by atoms with Crippen molar-refractivity contribution >= 4 is 29.1 Å².